The minimum atomic E-state index is -0.801. The van der Waals surface area contributed by atoms with Crippen LogP contribution in [0.4, 0.5) is 0 Å². The SMILES string of the molecule is Cc1cnc(SCC(=O)O)n1C(C)CN1CCCC1. The standard InChI is InChI=1S/C13H21N3O2S/c1-10-7-14-13(19-9-12(17)18)16(10)11(2)8-15-5-3-4-6-15/h7,11H,3-6,8-9H2,1-2H3,(H,17,18). The van der Waals surface area contributed by atoms with Gasteiger partial charge in [-0.05, 0) is 39.8 Å². The van der Waals surface area contributed by atoms with Gasteiger partial charge < -0.3 is 14.6 Å². The highest BCUT2D eigenvalue weighted by molar-refractivity contribution is 7.99. The first-order chi connectivity index (χ1) is 9.08. The minimum absolute atomic E-state index is 0.0624. The van der Waals surface area contributed by atoms with E-state index in [-0.39, 0.29) is 5.75 Å². The highest BCUT2D eigenvalue weighted by atomic mass is 32.2. The Morgan fingerprint density at radius 3 is 2.84 bits per heavy atom. The van der Waals surface area contributed by atoms with Crippen molar-refractivity contribution in [2.75, 3.05) is 25.4 Å². The van der Waals surface area contributed by atoms with E-state index in [0.29, 0.717) is 6.04 Å². The normalized spacial score (nSPS) is 17.8. The first kappa shape index (κ1) is 14.4. The zero-order valence-electron chi connectivity index (χ0n) is 11.5. The van der Waals surface area contributed by atoms with E-state index in [2.05, 4.69) is 21.4 Å². The Bertz CT molecular complexity index is 441. The Morgan fingerprint density at radius 1 is 1.53 bits per heavy atom. The molecular weight excluding hydrogens is 262 g/mol. The number of rotatable bonds is 6. The smallest absolute Gasteiger partial charge is 0.313 e. The van der Waals surface area contributed by atoms with Crippen LogP contribution < -0.4 is 0 Å². The summed E-state index contributed by atoms with van der Waals surface area (Å²) < 4.78 is 2.16. The fourth-order valence-corrected chi connectivity index (χ4v) is 3.46. The molecule has 5 nitrogen and oxygen atoms in total. The van der Waals surface area contributed by atoms with Gasteiger partial charge in [-0.3, -0.25) is 4.79 Å². The first-order valence-electron chi connectivity index (χ1n) is 6.68. The Morgan fingerprint density at radius 2 is 2.21 bits per heavy atom. The molecule has 1 aromatic heterocycles. The molecule has 1 unspecified atom stereocenters. The van der Waals surface area contributed by atoms with E-state index in [1.807, 2.05) is 13.1 Å². The number of imidazole rings is 1. The summed E-state index contributed by atoms with van der Waals surface area (Å²) in [5.41, 5.74) is 1.10. The summed E-state index contributed by atoms with van der Waals surface area (Å²) in [4.78, 5) is 17.5. The van der Waals surface area contributed by atoms with Crippen molar-refractivity contribution in [2.24, 2.45) is 0 Å². The Balaban J connectivity index is 2.04. The zero-order valence-corrected chi connectivity index (χ0v) is 12.3. The van der Waals surface area contributed by atoms with Gasteiger partial charge in [-0.15, -0.1) is 0 Å². The van der Waals surface area contributed by atoms with E-state index in [1.54, 1.807) is 0 Å². The molecule has 0 amide bonds. The molecule has 2 rings (SSSR count). The monoisotopic (exact) mass is 283 g/mol. The van der Waals surface area contributed by atoms with Gasteiger partial charge in [0.05, 0.1) is 5.75 Å². The number of thioether (sulfide) groups is 1. The van der Waals surface area contributed by atoms with Crippen molar-refractivity contribution in [1.29, 1.82) is 0 Å². The van der Waals surface area contributed by atoms with Gasteiger partial charge in [0.25, 0.3) is 0 Å². The van der Waals surface area contributed by atoms with Crippen molar-refractivity contribution >= 4 is 17.7 Å². The number of aryl methyl sites for hydroxylation is 1. The quantitative estimate of drug-likeness (QED) is 0.810. The van der Waals surface area contributed by atoms with Gasteiger partial charge in [0.2, 0.25) is 0 Å². The van der Waals surface area contributed by atoms with Crippen LogP contribution in [0.25, 0.3) is 0 Å². The molecule has 0 radical (unpaired) electrons. The van der Waals surface area contributed by atoms with Crippen molar-refractivity contribution in [2.45, 2.75) is 37.9 Å². The average Bonchev–Trinajstić information content (AvgIpc) is 2.96. The fourth-order valence-electron chi connectivity index (χ4n) is 2.61. The third-order valence-electron chi connectivity index (χ3n) is 3.43. The molecule has 1 aliphatic rings. The predicted octanol–water partition coefficient (Wildman–Crippen LogP) is 2.03. The largest absolute Gasteiger partial charge is 0.481 e. The second kappa shape index (κ2) is 6.43. The number of hydrogen-bond acceptors (Lipinski definition) is 4. The molecule has 1 aliphatic heterocycles. The van der Waals surface area contributed by atoms with Gasteiger partial charge in [0.15, 0.2) is 5.16 Å². The molecular formula is C13H21N3O2S. The van der Waals surface area contributed by atoms with Gasteiger partial charge in [-0.2, -0.15) is 0 Å². The number of carboxylic acid groups (broad SMARTS) is 1. The van der Waals surface area contributed by atoms with Gasteiger partial charge in [-0.25, -0.2) is 4.98 Å². The number of nitrogens with zero attached hydrogens (tertiary/aromatic N) is 3. The molecule has 19 heavy (non-hydrogen) atoms. The number of hydrogen-bond donors (Lipinski definition) is 1. The Kier molecular flexibility index (Phi) is 4.87. The van der Waals surface area contributed by atoms with Crippen molar-refractivity contribution in [3.63, 3.8) is 0 Å². The van der Waals surface area contributed by atoms with Crippen molar-refractivity contribution in [1.82, 2.24) is 14.5 Å². The number of carboxylic acids is 1. The lowest BCUT2D eigenvalue weighted by molar-refractivity contribution is -0.133. The molecule has 2 heterocycles. The number of carbonyl (C=O) groups is 1. The van der Waals surface area contributed by atoms with E-state index >= 15 is 0 Å². The van der Waals surface area contributed by atoms with Crippen LogP contribution in [0.3, 0.4) is 0 Å². The summed E-state index contributed by atoms with van der Waals surface area (Å²) in [6.45, 7) is 7.57. The molecule has 0 aromatic carbocycles. The number of likely N-dealkylation sites (tertiary alicyclic amines) is 1. The summed E-state index contributed by atoms with van der Waals surface area (Å²) >= 11 is 1.30. The molecule has 6 heteroatoms. The molecule has 0 bridgehead atoms. The van der Waals surface area contributed by atoms with Crippen LogP contribution in [0.15, 0.2) is 11.4 Å². The van der Waals surface area contributed by atoms with Crippen molar-refractivity contribution < 1.29 is 9.90 Å². The number of aromatic nitrogens is 2. The molecule has 0 aliphatic carbocycles. The zero-order chi connectivity index (χ0) is 13.8. The maximum Gasteiger partial charge on any atom is 0.313 e. The second-order valence-electron chi connectivity index (χ2n) is 5.09. The Hall–Kier alpha value is -1.01. The van der Waals surface area contributed by atoms with Gasteiger partial charge in [0.1, 0.15) is 0 Å². The fraction of sp³-hybridized carbons (Fsp3) is 0.692. The molecule has 0 saturated carbocycles. The minimum Gasteiger partial charge on any atom is -0.481 e. The Labute approximate surface area is 118 Å². The van der Waals surface area contributed by atoms with E-state index in [9.17, 15) is 4.79 Å². The summed E-state index contributed by atoms with van der Waals surface area (Å²) in [7, 11) is 0. The third kappa shape index (κ3) is 3.73. The molecule has 1 N–H and O–H groups in total. The summed E-state index contributed by atoms with van der Waals surface area (Å²) in [6.07, 6.45) is 4.40. The maximum atomic E-state index is 10.7. The lowest BCUT2D eigenvalue weighted by atomic mass is 10.3. The maximum absolute atomic E-state index is 10.7. The van der Waals surface area contributed by atoms with E-state index < -0.39 is 5.97 Å². The predicted molar refractivity (Wildman–Crippen MR) is 75.7 cm³/mol. The van der Waals surface area contributed by atoms with Gasteiger partial charge in [0, 0.05) is 24.5 Å². The van der Waals surface area contributed by atoms with E-state index in [1.165, 1.54) is 37.7 Å². The van der Waals surface area contributed by atoms with Crippen molar-refractivity contribution in [3.8, 4) is 0 Å². The average molecular weight is 283 g/mol. The second-order valence-corrected chi connectivity index (χ2v) is 6.03. The van der Waals surface area contributed by atoms with Gasteiger partial charge >= 0.3 is 5.97 Å². The summed E-state index contributed by atoms with van der Waals surface area (Å²) in [6, 6.07) is 0.330. The molecule has 1 fully saturated rings. The van der Waals surface area contributed by atoms with Crippen LogP contribution in [0.5, 0.6) is 0 Å². The van der Waals surface area contributed by atoms with Crippen LogP contribution in [0, 0.1) is 6.92 Å². The van der Waals surface area contributed by atoms with Crippen LogP contribution >= 0.6 is 11.8 Å². The highest BCUT2D eigenvalue weighted by Gasteiger charge is 2.19. The van der Waals surface area contributed by atoms with Crippen LogP contribution in [-0.4, -0.2) is 50.9 Å². The lowest BCUT2D eigenvalue weighted by Gasteiger charge is -2.23. The molecule has 0 spiro atoms. The van der Waals surface area contributed by atoms with Crippen LogP contribution in [-0.2, 0) is 4.79 Å². The molecule has 106 valence electrons. The van der Waals surface area contributed by atoms with Crippen molar-refractivity contribution in [3.05, 3.63) is 11.9 Å². The van der Waals surface area contributed by atoms with E-state index in [4.69, 9.17) is 5.11 Å². The third-order valence-corrected chi connectivity index (χ3v) is 4.39. The van der Waals surface area contributed by atoms with Crippen LogP contribution in [0.2, 0.25) is 0 Å². The first-order valence-corrected chi connectivity index (χ1v) is 7.67. The summed E-state index contributed by atoms with van der Waals surface area (Å²) in [5.74, 6) is -0.739. The topological polar surface area (TPSA) is 58.4 Å². The van der Waals surface area contributed by atoms with Gasteiger partial charge in [-0.1, -0.05) is 11.8 Å². The number of aliphatic carboxylic acids is 1. The van der Waals surface area contributed by atoms with E-state index in [0.717, 1.165) is 17.4 Å². The molecule has 1 saturated heterocycles. The molecule has 1 aromatic rings. The molecule has 1 atom stereocenters. The summed E-state index contributed by atoms with van der Waals surface area (Å²) in [5, 5.41) is 9.59. The highest BCUT2D eigenvalue weighted by Crippen LogP contribution is 2.24. The van der Waals surface area contributed by atoms with Crippen LogP contribution in [0.1, 0.15) is 31.5 Å². The lowest BCUT2D eigenvalue weighted by Crippen LogP contribution is -2.27.